The van der Waals surface area contributed by atoms with Crippen LogP contribution in [0.15, 0.2) is 18.2 Å². The first-order valence-corrected chi connectivity index (χ1v) is 10.5. The molecule has 0 saturated carbocycles. The largest absolute Gasteiger partial charge is 0.453 e. The summed E-state index contributed by atoms with van der Waals surface area (Å²) < 4.78 is 25.3. The van der Waals surface area contributed by atoms with E-state index in [4.69, 9.17) is 14.6 Å². The summed E-state index contributed by atoms with van der Waals surface area (Å²) in [6, 6.07) is 3.67. The van der Waals surface area contributed by atoms with Crippen LogP contribution in [0.3, 0.4) is 0 Å². The van der Waals surface area contributed by atoms with Crippen LogP contribution in [0.1, 0.15) is 11.3 Å². The summed E-state index contributed by atoms with van der Waals surface area (Å²) in [5, 5.41) is 13.7. The van der Waals surface area contributed by atoms with Gasteiger partial charge in [0.1, 0.15) is 11.6 Å². The predicted octanol–water partition coefficient (Wildman–Crippen LogP) is 1.32. The molecule has 2 aliphatic rings. The molecule has 3 N–H and O–H groups in total. The molecule has 1 fully saturated rings. The van der Waals surface area contributed by atoms with E-state index in [0.29, 0.717) is 44.4 Å². The van der Waals surface area contributed by atoms with Gasteiger partial charge in [0.05, 0.1) is 51.3 Å². The minimum atomic E-state index is -0.606. The van der Waals surface area contributed by atoms with Gasteiger partial charge in [-0.15, -0.1) is 0 Å². The quantitative estimate of drug-likeness (QED) is 0.609. The first kappa shape index (κ1) is 22.7. The van der Waals surface area contributed by atoms with Crippen LogP contribution in [0, 0.1) is 5.82 Å². The van der Waals surface area contributed by atoms with Crippen molar-refractivity contribution in [1.82, 2.24) is 20.2 Å². The van der Waals surface area contributed by atoms with Crippen molar-refractivity contribution in [2.24, 2.45) is 0 Å². The van der Waals surface area contributed by atoms with Gasteiger partial charge in [0.25, 0.3) is 0 Å². The van der Waals surface area contributed by atoms with Crippen molar-refractivity contribution in [3.8, 4) is 11.4 Å². The van der Waals surface area contributed by atoms with Crippen molar-refractivity contribution >= 4 is 23.6 Å². The van der Waals surface area contributed by atoms with Gasteiger partial charge in [0, 0.05) is 30.9 Å². The summed E-state index contributed by atoms with van der Waals surface area (Å²) in [6.45, 7) is 2.76. The number of benzene rings is 1. The van der Waals surface area contributed by atoms with Gasteiger partial charge in [0.2, 0.25) is 0 Å². The van der Waals surface area contributed by atoms with Crippen LogP contribution in [0.25, 0.3) is 11.4 Å². The van der Waals surface area contributed by atoms with Gasteiger partial charge < -0.3 is 30.1 Å². The molecule has 1 aromatic carbocycles. The van der Waals surface area contributed by atoms with E-state index in [1.165, 1.54) is 24.1 Å². The standard InChI is InChI=1S/C21H25FN6O5/c1-32-21(31)28-11-15-17(12-28)25-18(26-19(15)27-5-8-33-9-6-27)14-3-2-13(10-16(14)22)24-20(30)23-4-7-29/h2-3,10,29H,4-9,11-12H2,1H3,(H2,23,24,30). The van der Waals surface area contributed by atoms with Gasteiger partial charge in [-0.05, 0) is 18.2 Å². The number of amides is 3. The molecule has 1 aromatic heterocycles. The molecule has 0 aliphatic carbocycles. The van der Waals surface area contributed by atoms with E-state index in [1.807, 2.05) is 4.90 Å². The third-order valence-electron chi connectivity index (χ3n) is 5.37. The minimum Gasteiger partial charge on any atom is -0.453 e. The van der Waals surface area contributed by atoms with Crippen LogP contribution in [0.4, 0.5) is 25.5 Å². The Morgan fingerprint density at radius 3 is 2.73 bits per heavy atom. The number of morpholine rings is 1. The predicted molar refractivity (Wildman–Crippen MR) is 116 cm³/mol. The lowest BCUT2D eigenvalue weighted by atomic mass is 10.1. The Bertz CT molecular complexity index is 1050. The zero-order valence-corrected chi connectivity index (χ0v) is 18.1. The van der Waals surface area contributed by atoms with E-state index in [-0.39, 0.29) is 36.8 Å². The number of urea groups is 1. The number of carbonyl (C=O) groups is 2. The lowest BCUT2D eigenvalue weighted by Crippen LogP contribution is -2.37. The number of aliphatic hydroxyl groups excluding tert-OH is 1. The van der Waals surface area contributed by atoms with Crippen LogP contribution in [-0.4, -0.2) is 78.7 Å². The van der Waals surface area contributed by atoms with Crippen LogP contribution in [0.2, 0.25) is 0 Å². The second kappa shape index (κ2) is 9.96. The van der Waals surface area contributed by atoms with Gasteiger partial charge in [-0.25, -0.2) is 23.9 Å². The summed E-state index contributed by atoms with van der Waals surface area (Å²) in [7, 11) is 1.32. The second-order valence-corrected chi connectivity index (χ2v) is 7.52. The maximum atomic E-state index is 15.0. The number of nitrogens with zero attached hydrogens (tertiary/aromatic N) is 4. The third-order valence-corrected chi connectivity index (χ3v) is 5.37. The molecule has 0 radical (unpaired) electrons. The molecular weight excluding hydrogens is 435 g/mol. The molecule has 4 rings (SSSR count). The third kappa shape index (κ3) is 4.96. The number of anilines is 2. The lowest BCUT2D eigenvalue weighted by Gasteiger charge is -2.29. The van der Waals surface area contributed by atoms with E-state index in [9.17, 15) is 9.59 Å². The van der Waals surface area contributed by atoms with Crippen molar-refractivity contribution in [3.05, 3.63) is 35.3 Å². The summed E-state index contributed by atoms with van der Waals surface area (Å²) >= 11 is 0. The fraction of sp³-hybridized carbons (Fsp3) is 0.429. The number of ether oxygens (including phenoxy) is 2. The Labute approximate surface area is 189 Å². The first-order chi connectivity index (χ1) is 16.0. The monoisotopic (exact) mass is 460 g/mol. The average Bonchev–Trinajstić information content (AvgIpc) is 3.26. The molecule has 0 spiro atoms. The molecule has 2 aliphatic heterocycles. The van der Waals surface area contributed by atoms with Crippen molar-refractivity contribution in [3.63, 3.8) is 0 Å². The molecule has 11 nitrogen and oxygen atoms in total. The topological polar surface area (TPSA) is 129 Å². The zero-order valence-electron chi connectivity index (χ0n) is 18.1. The van der Waals surface area contributed by atoms with E-state index < -0.39 is 17.9 Å². The summed E-state index contributed by atoms with van der Waals surface area (Å²) in [6.07, 6.45) is -0.469. The van der Waals surface area contributed by atoms with Crippen LogP contribution in [-0.2, 0) is 22.6 Å². The van der Waals surface area contributed by atoms with E-state index >= 15 is 4.39 Å². The lowest BCUT2D eigenvalue weighted by molar-refractivity contribution is 0.121. The molecule has 12 heteroatoms. The van der Waals surface area contributed by atoms with Gasteiger partial charge in [0.15, 0.2) is 5.82 Å². The Balaban J connectivity index is 1.65. The number of aromatic nitrogens is 2. The Morgan fingerprint density at radius 1 is 1.24 bits per heavy atom. The van der Waals surface area contributed by atoms with Crippen molar-refractivity contribution in [1.29, 1.82) is 0 Å². The molecule has 3 amide bonds. The van der Waals surface area contributed by atoms with Crippen LogP contribution >= 0.6 is 0 Å². The molecule has 3 heterocycles. The van der Waals surface area contributed by atoms with Crippen LogP contribution < -0.4 is 15.5 Å². The molecule has 1 saturated heterocycles. The Morgan fingerprint density at radius 2 is 2.03 bits per heavy atom. The molecule has 33 heavy (non-hydrogen) atoms. The number of aliphatic hydroxyl groups is 1. The van der Waals surface area contributed by atoms with Gasteiger partial charge in [-0.2, -0.15) is 0 Å². The molecule has 0 bridgehead atoms. The zero-order chi connectivity index (χ0) is 23.4. The number of carbonyl (C=O) groups excluding carboxylic acids is 2. The van der Waals surface area contributed by atoms with E-state index in [2.05, 4.69) is 20.6 Å². The maximum absolute atomic E-state index is 15.0. The number of nitrogens with one attached hydrogen (secondary N) is 2. The number of methoxy groups -OCH3 is 1. The van der Waals surface area contributed by atoms with Gasteiger partial charge in [-0.3, -0.25) is 4.90 Å². The second-order valence-electron chi connectivity index (χ2n) is 7.52. The van der Waals surface area contributed by atoms with E-state index in [1.54, 1.807) is 6.07 Å². The SMILES string of the molecule is COC(=O)N1Cc2nc(-c3ccc(NC(=O)NCCO)cc3F)nc(N3CCOCC3)c2C1. The molecule has 0 atom stereocenters. The highest BCUT2D eigenvalue weighted by molar-refractivity contribution is 5.89. The average molecular weight is 460 g/mol. The van der Waals surface area contributed by atoms with Crippen molar-refractivity contribution in [2.75, 3.05) is 56.8 Å². The minimum absolute atomic E-state index is 0.0856. The number of fused-ring (bicyclic) bond motifs is 1. The molecule has 2 aromatic rings. The van der Waals surface area contributed by atoms with Crippen LogP contribution in [0.5, 0.6) is 0 Å². The summed E-state index contributed by atoms with van der Waals surface area (Å²) in [5.41, 5.74) is 1.87. The normalized spacial score (nSPS) is 15.2. The highest BCUT2D eigenvalue weighted by atomic mass is 19.1. The number of hydrogen-bond acceptors (Lipinski definition) is 8. The maximum Gasteiger partial charge on any atom is 0.410 e. The van der Waals surface area contributed by atoms with E-state index in [0.717, 1.165) is 5.56 Å². The highest BCUT2D eigenvalue weighted by Gasteiger charge is 2.31. The molecule has 176 valence electrons. The number of hydrogen-bond donors (Lipinski definition) is 3. The molecular formula is C21H25FN6O5. The van der Waals surface area contributed by atoms with Crippen molar-refractivity contribution < 1.29 is 28.6 Å². The Hall–Kier alpha value is -3.51. The number of halogens is 1. The number of rotatable bonds is 5. The summed E-state index contributed by atoms with van der Waals surface area (Å²) in [5.74, 6) is 0.232. The Kier molecular flexibility index (Phi) is 6.84. The van der Waals surface area contributed by atoms with Gasteiger partial charge >= 0.3 is 12.1 Å². The smallest absolute Gasteiger partial charge is 0.410 e. The van der Waals surface area contributed by atoms with Gasteiger partial charge in [-0.1, -0.05) is 0 Å². The molecule has 0 unspecified atom stereocenters. The highest BCUT2D eigenvalue weighted by Crippen LogP contribution is 2.33. The fourth-order valence-corrected chi connectivity index (χ4v) is 3.77. The fourth-order valence-electron chi connectivity index (χ4n) is 3.77. The van der Waals surface area contributed by atoms with Crippen molar-refractivity contribution in [2.45, 2.75) is 13.1 Å². The first-order valence-electron chi connectivity index (χ1n) is 10.5. The summed E-state index contributed by atoms with van der Waals surface area (Å²) in [4.78, 5) is 36.6.